The lowest BCUT2D eigenvalue weighted by atomic mass is 9.88. The summed E-state index contributed by atoms with van der Waals surface area (Å²) in [6.07, 6.45) is -0.0819. The first-order chi connectivity index (χ1) is 9.25. The summed E-state index contributed by atoms with van der Waals surface area (Å²) in [5.41, 5.74) is -0.0493. The highest BCUT2D eigenvalue weighted by molar-refractivity contribution is 6.41. The van der Waals surface area contributed by atoms with E-state index in [1.807, 2.05) is 0 Å². The van der Waals surface area contributed by atoms with Crippen LogP contribution in [0.25, 0.3) is 0 Å². The molecule has 0 saturated heterocycles. The minimum absolute atomic E-state index is 0.0560. The van der Waals surface area contributed by atoms with E-state index < -0.39 is 11.4 Å². The lowest BCUT2D eigenvalue weighted by molar-refractivity contribution is -0.134. The second-order valence-corrected chi connectivity index (χ2v) is 5.76. The summed E-state index contributed by atoms with van der Waals surface area (Å²) in [7, 11) is 1.26. The van der Waals surface area contributed by atoms with Gasteiger partial charge in [-0.15, -0.1) is 0 Å². The van der Waals surface area contributed by atoms with Crippen molar-refractivity contribution < 1.29 is 14.3 Å². The van der Waals surface area contributed by atoms with Crippen LogP contribution in [0, 0.1) is 5.41 Å². The summed E-state index contributed by atoms with van der Waals surface area (Å²) < 4.78 is 4.67. The molecule has 0 N–H and O–H groups in total. The Bertz CT molecular complexity index is 544. The first kappa shape index (κ1) is 16.4. The predicted octanol–water partition coefficient (Wildman–Crippen LogP) is 3.59. The molecule has 0 heterocycles. The van der Waals surface area contributed by atoms with Crippen molar-refractivity contribution in [2.45, 2.75) is 27.2 Å². The number of ketones is 1. The quantitative estimate of drug-likeness (QED) is 0.630. The van der Waals surface area contributed by atoms with E-state index in [1.54, 1.807) is 45.0 Å². The van der Waals surface area contributed by atoms with E-state index in [9.17, 15) is 9.59 Å². The van der Waals surface area contributed by atoms with Crippen molar-refractivity contribution >= 4 is 34.8 Å². The Balaban J connectivity index is 3.11. The molecule has 4 nitrogen and oxygen atoms in total. The molecule has 1 aromatic carbocycles. The second kappa shape index (κ2) is 6.66. The number of esters is 1. The number of nitrogens with zero attached hydrogens (tertiary/aromatic N) is 1. The van der Waals surface area contributed by atoms with Gasteiger partial charge in [-0.25, -0.2) is 9.79 Å². The minimum atomic E-state index is -0.623. The lowest BCUT2D eigenvalue weighted by Gasteiger charge is -2.16. The summed E-state index contributed by atoms with van der Waals surface area (Å²) in [5.74, 6) is -0.712. The van der Waals surface area contributed by atoms with Gasteiger partial charge >= 0.3 is 5.97 Å². The average molecular weight is 296 g/mol. The Kier molecular flexibility index (Phi) is 5.45. The fourth-order valence-corrected chi connectivity index (χ4v) is 1.56. The SMILES string of the molecule is COC(=O)C(CC(=O)C(C)(C)C)=Nc1ccccc1Cl. The predicted molar refractivity (Wildman–Crippen MR) is 79.6 cm³/mol. The zero-order chi connectivity index (χ0) is 15.3. The lowest BCUT2D eigenvalue weighted by Crippen LogP contribution is -2.27. The van der Waals surface area contributed by atoms with Crippen LogP contribution in [-0.2, 0) is 14.3 Å². The summed E-state index contributed by atoms with van der Waals surface area (Å²) >= 11 is 6.00. The van der Waals surface area contributed by atoms with E-state index in [0.717, 1.165) is 0 Å². The van der Waals surface area contributed by atoms with Gasteiger partial charge in [0.15, 0.2) is 0 Å². The van der Waals surface area contributed by atoms with Gasteiger partial charge in [-0.3, -0.25) is 4.79 Å². The minimum Gasteiger partial charge on any atom is -0.465 e. The van der Waals surface area contributed by atoms with Crippen LogP contribution in [0.15, 0.2) is 29.3 Å². The molecule has 0 saturated carbocycles. The summed E-state index contributed by atoms with van der Waals surface area (Å²) in [6.45, 7) is 5.37. The number of Topliss-reactive ketones (excluding diaryl/α,β-unsaturated/α-hetero) is 1. The number of carbonyl (C=O) groups excluding carboxylic acids is 2. The van der Waals surface area contributed by atoms with Gasteiger partial charge in [-0.1, -0.05) is 44.5 Å². The molecule has 0 aliphatic heterocycles. The molecule has 0 unspecified atom stereocenters. The molecule has 20 heavy (non-hydrogen) atoms. The Morgan fingerprint density at radius 1 is 1.25 bits per heavy atom. The van der Waals surface area contributed by atoms with E-state index in [0.29, 0.717) is 10.7 Å². The van der Waals surface area contributed by atoms with Gasteiger partial charge in [0.25, 0.3) is 0 Å². The van der Waals surface area contributed by atoms with Crippen LogP contribution in [0.3, 0.4) is 0 Å². The summed E-state index contributed by atoms with van der Waals surface area (Å²) in [5, 5.41) is 0.414. The fraction of sp³-hybridized carbons (Fsp3) is 0.400. The molecule has 1 rings (SSSR count). The van der Waals surface area contributed by atoms with Crippen LogP contribution in [0.5, 0.6) is 0 Å². The molecule has 0 atom stereocenters. The summed E-state index contributed by atoms with van der Waals surface area (Å²) in [4.78, 5) is 28.0. The normalized spacial score (nSPS) is 12.2. The molecule has 0 aliphatic rings. The first-order valence-corrected chi connectivity index (χ1v) is 6.57. The molecule has 0 spiro atoms. The standard InChI is InChI=1S/C15H18ClNO3/c1-15(2,3)13(18)9-12(14(19)20-4)17-11-8-6-5-7-10(11)16/h5-8H,9H2,1-4H3. The van der Waals surface area contributed by atoms with Crippen molar-refractivity contribution in [3.05, 3.63) is 29.3 Å². The average Bonchev–Trinajstić information content (AvgIpc) is 2.38. The number of para-hydroxylation sites is 1. The molecule has 108 valence electrons. The number of methoxy groups -OCH3 is 1. The van der Waals surface area contributed by atoms with Crippen LogP contribution in [0.1, 0.15) is 27.2 Å². The molecule has 0 aliphatic carbocycles. The highest BCUT2D eigenvalue weighted by atomic mass is 35.5. The van der Waals surface area contributed by atoms with Crippen molar-refractivity contribution in [2.75, 3.05) is 7.11 Å². The van der Waals surface area contributed by atoms with Crippen LogP contribution in [-0.4, -0.2) is 24.6 Å². The first-order valence-electron chi connectivity index (χ1n) is 6.19. The number of rotatable bonds is 4. The van der Waals surface area contributed by atoms with E-state index in [4.69, 9.17) is 11.6 Å². The van der Waals surface area contributed by atoms with Gasteiger partial charge in [-0.2, -0.15) is 0 Å². The molecule has 0 amide bonds. The Morgan fingerprint density at radius 2 is 1.85 bits per heavy atom. The van der Waals surface area contributed by atoms with Crippen molar-refractivity contribution in [3.8, 4) is 0 Å². The topological polar surface area (TPSA) is 55.7 Å². The van der Waals surface area contributed by atoms with E-state index >= 15 is 0 Å². The third-order valence-electron chi connectivity index (χ3n) is 2.69. The molecule has 0 bridgehead atoms. The monoisotopic (exact) mass is 295 g/mol. The number of aliphatic imine (C=N–C) groups is 1. The Hall–Kier alpha value is -1.68. The van der Waals surface area contributed by atoms with Crippen LogP contribution < -0.4 is 0 Å². The number of carbonyl (C=O) groups is 2. The van der Waals surface area contributed by atoms with Crippen LogP contribution in [0.2, 0.25) is 5.02 Å². The number of halogens is 1. The number of hydrogen-bond acceptors (Lipinski definition) is 4. The summed E-state index contributed by atoms with van der Waals surface area (Å²) in [6, 6.07) is 6.86. The maximum absolute atomic E-state index is 12.0. The number of ether oxygens (including phenoxy) is 1. The second-order valence-electron chi connectivity index (χ2n) is 5.35. The smallest absolute Gasteiger partial charge is 0.352 e. The molecular formula is C15H18ClNO3. The van der Waals surface area contributed by atoms with Gasteiger partial charge in [0, 0.05) is 5.41 Å². The number of benzene rings is 1. The van der Waals surface area contributed by atoms with Crippen molar-refractivity contribution in [3.63, 3.8) is 0 Å². The van der Waals surface area contributed by atoms with Crippen LogP contribution >= 0.6 is 11.6 Å². The largest absolute Gasteiger partial charge is 0.465 e. The van der Waals surface area contributed by atoms with Gasteiger partial charge in [0.05, 0.1) is 24.2 Å². The van der Waals surface area contributed by atoms with Gasteiger partial charge in [0.1, 0.15) is 11.5 Å². The maximum atomic E-state index is 12.0. The number of hydrogen-bond donors (Lipinski definition) is 0. The van der Waals surface area contributed by atoms with Gasteiger partial charge in [-0.05, 0) is 12.1 Å². The fourth-order valence-electron chi connectivity index (χ4n) is 1.38. The third kappa shape index (κ3) is 4.46. The van der Waals surface area contributed by atoms with Gasteiger partial charge in [0.2, 0.25) is 0 Å². The third-order valence-corrected chi connectivity index (χ3v) is 3.01. The van der Waals surface area contributed by atoms with Gasteiger partial charge < -0.3 is 4.74 Å². The molecular weight excluding hydrogens is 278 g/mol. The Morgan fingerprint density at radius 3 is 2.35 bits per heavy atom. The van der Waals surface area contributed by atoms with Crippen molar-refractivity contribution in [1.82, 2.24) is 0 Å². The van der Waals surface area contributed by atoms with E-state index in [2.05, 4.69) is 9.73 Å². The van der Waals surface area contributed by atoms with E-state index in [-0.39, 0.29) is 17.9 Å². The van der Waals surface area contributed by atoms with E-state index in [1.165, 1.54) is 7.11 Å². The molecule has 0 aromatic heterocycles. The highest BCUT2D eigenvalue weighted by Gasteiger charge is 2.26. The van der Waals surface area contributed by atoms with Crippen LogP contribution in [0.4, 0.5) is 5.69 Å². The Labute approximate surface area is 123 Å². The molecule has 5 heteroatoms. The molecule has 0 fully saturated rings. The molecule has 0 radical (unpaired) electrons. The molecule has 1 aromatic rings. The maximum Gasteiger partial charge on any atom is 0.352 e. The zero-order valence-electron chi connectivity index (χ0n) is 12.1. The van der Waals surface area contributed by atoms with Crippen molar-refractivity contribution in [2.24, 2.45) is 10.4 Å². The zero-order valence-corrected chi connectivity index (χ0v) is 12.8. The highest BCUT2D eigenvalue weighted by Crippen LogP contribution is 2.25. The van der Waals surface area contributed by atoms with Crippen molar-refractivity contribution in [1.29, 1.82) is 0 Å².